The Hall–Kier alpha value is -2.67. The number of hydrogen-bond acceptors (Lipinski definition) is 4. The highest BCUT2D eigenvalue weighted by molar-refractivity contribution is 7.96. The minimum absolute atomic E-state index is 0.106. The maximum absolute atomic E-state index is 12.3. The van der Waals surface area contributed by atoms with Crippen molar-refractivity contribution in [2.75, 3.05) is 29.0 Å². The van der Waals surface area contributed by atoms with Crippen molar-refractivity contribution in [1.82, 2.24) is 5.32 Å². The van der Waals surface area contributed by atoms with E-state index in [-0.39, 0.29) is 17.2 Å². The van der Waals surface area contributed by atoms with Crippen LogP contribution in [0.15, 0.2) is 48.5 Å². The molecule has 1 atom stereocenters. The van der Waals surface area contributed by atoms with Gasteiger partial charge in [-0.2, -0.15) is 0 Å². The van der Waals surface area contributed by atoms with E-state index < -0.39 is 0 Å². The molecule has 1 heterocycles. The zero-order valence-electron chi connectivity index (χ0n) is 13.6. The summed E-state index contributed by atoms with van der Waals surface area (Å²) in [6.45, 7) is 1.59. The van der Waals surface area contributed by atoms with Gasteiger partial charge < -0.3 is 21.3 Å². The third-order valence-corrected chi connectivity index (χ3v) is 4.35. The Morgan fingerprint density at radius 2 is 1.84 bits per heavy atom. The van der Waals surface area contributed by atoms with Crippen molar-refractivity contribution in [3.05, 3.63) is 54.1 Å². The molecule has 25 heavy (non-hydrogen) atoms. The van der Waals surface area contributed by atoms with Gasteiger partial charge in [0.2, 0.25) is 0 Å². The van der Waals surface area contributed by atoms with Crippen molar-refractivity contribution < 1.29 is 9.59 Å². The lowest BCUT2D eigenvalue weighted by Gasteiger charge is -2.19. The Morgan fingerprint density at radius 1 is 1.12 bits per heavy atom. The molecule has 6 nitrogen and oxygen atoms in total. The molecule has 4 N–H and O–H groups in total. The van der Waals surface area contributed by atoms with Gasteiger partial charge in [-0.25, -0.2) is 0 Å². The minimum Gasteiger partial charge on any atom is -0.397 e. The SMILES string of the molecule is Nc1ccccc1NC(=O)c1ccc(N2CCC(NC(=O)S)C2)cc1. The van der Waals surface area contributed by atoms with Crippen LogP contribution in [0.3, 0.4) is 0 Å². The number of hydrogen-bond donors (Lipinski definition) is 4. The van der Waals surface area contributed by atoms with Gasteiger partial charge in [0.05, 0.1) is 11.4 Å². The number of carbonyl (C=O) groups excluding carboxylic acids is 2. The number of para-hydroxylation sites is 2. The van der Waals surface area contributed by atoms with E-state index in [1.165, 1.54) is 0 Å². The molecule has 3 rings (SSSR count). The van der Waals surface area contributed by atoms with Crippen molar-refractivity contribution >= 4 is 40.8 Å². The van der Waals surface area contributed by atoms with E-state index in [4.69, 9.17) is 5.73 Å². The van der Waals surface area contributed by atoms with Crippen LogP contribution in [0.2, 0.25) is 0 Å². The molecular formula is C18H20N4O2S. The van der Waals surface area contributed by atoms with Crippen LogP contribution >= 0.6 is 12.6 Å². The van der Waals surface area contributed by atoms with Gasteiger partial charge >= 0.3 is 0 Å². The second-order valence-corrected chi connectivity index (χ2v) is 6.38. The summed E-state index contributed by atoms with van der Waals surface area (Å²) in [5, 5.41) is 5.32. The van der Waals surface area contributed by atoms with Gasteiger partial charge in [-0.3, -0.25) is 9.59 Å². The van der Waals surface area contributed by atoms with Gasteiger partial charge in [0.15, 0.2) is 0 Å². The van der Waals surface area contributed by atoms with E-state index in [1.54, 1.807) is 24.3 Å². The fourth-order valence-corrected chi connectivity index (χ4v) is 3.10. The van der Waals surface area contributed by atoms with Gasteiger partial charge in [-0.05, 0) is 42.8 Å². The molecule has 2 aromatic rings. The lowest BCUT2D eigenvalue weighted by molar-refractivity contribution is 0.102. The normalized spacial score (nSPS) is 16.5. The van der Waals surface area contributed by atoms with E-state index >= 15 is 0 Å². The van der Waals surface area contributed by atoms with E-state index in [2.05, 4.69) is 28.2 Å². The average molecular weight is 356 g/mol. The minimum atomic E-state index is -0.306. The van der Waals surface area contributed by atoms with Gasteiger partial charge in [0, 0.05) is 30.4 Å². The van der Waals surface area contributed by atoms with Gasteiger partial charge in [0.25, 0.3) is 11.1 Å². The average Bonchev–Trinajstić information content (AvgIpc) is 3.05. The molecule has 1 aliphatic heterocycles. The number of carbonyl (C=O) groups is 2. The number of nitrogens with two attached hydrogens (primary N) is 1. The first-order valence-electron chi connectivity index (χ1n) is 8.03. The molecule has 0 aliphatic carbocycles. The molecule has 1 aliphatic rings. The zero-order valence-corrected chi connectivity index (χ0v) is 14.5. The Balaban J connectivity index is 1.63. The largest absolute Gasteiger partial charge is 0.397 e. The molecular weight excluding hydrogens is 336 g/mol. The predicted molar refractivity (Wildman–Crippen MR) is 103 cm³/mol. The van der Waals surface area contributed by atoms with Crippen LogP contribution in [0.1, 0.15) is 16.8 Å². The number of anilines is 3. The monoisotopic (exact) mass is 356 g/mol. The van der Waals surface area contributed by atoms with Crippen LogP contribution in [0.4, 0.5) is 21.9 Å². The first-order valence-corrected chi connectivity index (χ1v) is 8.48. The zero-order chi connectivity index (χ0) is 17.8. The Bertz CT molecular complexity index is 779. The number of nitrogens with zero attached hydrogens (tertiary/aromatic N) is 1. The van der Waals surface area contributed by atoms with Crippen molar-refractivity contribution in [2.45, 2.75) is 12.5 Å². The molecule has 0 radical (unpaired) electrons. The highest BCUT2D eigenvalue weighted by atomic mass is 32.1. The highest BCUT2D eigenvalue weighted by Crippen LogP contribution is 2.22. The van der Waals surface area contributed by atoms with Crippen molar-refractivity contribution in [3.63, 3.8) is 0 Å². The Morgan fingerprint density at radius 3 is 2.52 bits per heavy atom. The molecule has 1 unspecified atom stereocenters. The summed E-state index contributed by atoms with van der Waals surface area (Å²) < 4.78 is 0. The second kappa shape index (κ2) is 7.48. The number of rotatable bonds is 4. The maximum Gasteiger partial charge on any atom is 0.276 e. The van der Waals surface area contributed by atoms with E-state index in [9.17, 15) is 9.59 Å². The lowest BCUT2D eigenvalue weighted by atomic mass is 10.1. The van der Waals surface area contributed by atoms with Crippen LogP contribution in [-0.2, 0) is 0 Å². The number of thiol groups is 1. The number of nitrogen functional groups attached to an aromatic ring is 1. The number of nitrogens with one attached hydrogen (secondary N) is 2. The third kappa shape index (κ3) is 4.24. The molecule has 0 spiro atoms. The van der Waals surface area contributed by atoms with Gasteiger partial charge in [-0.1, -0.05) is 24.8 Å². The lowest BCUT2D eigenvalue weighted by Crippen LogP contribution is -2.34. The van der Waals surface area contributed by atoms with Crippen LogP contribution < -0.4 is 21.3 Å². The van der Waals surface area contributed by atoms with Gasteiger partial charge in [0.1, 0.15) is 0 Å². The highest BCUT2D eigenvalue weighted by Gasteiger charge is 2.23. The third-order valence-electron chi connectivity index (χ3n) is 4.22. The van der Waals surface area contributed by atoms with Crippen molar-refractivity contribution in [2.24, 2.45) is 0 Å². The predicted octanol–water partition coefficient (Wildman–Crippen LogP) is 2.74. The Kier molecular flexibility index (Phi) is 5.14. The van der Waals surface area contributed by atoms with Crippen molar-refractivity contribution in [1.29, 1.82) is 0 Å². The summed E-state index contributed by atoms with van der Waals surface area (Å²) in [6, 6.07) is 14.6. The fraction of sp³-hybridized carbons (Fsp3) is 0.222. The van der Waals surface area contributed by atoms with Crippen LogP contribution in [-0.4, -0.2) is 30.3 Å². The standard InChI is InChI=1S/C18H20N4O2S/c19-15-3-1-2-4-16(15)21-17(23)12-5-7-14(8-6-12)22-10-9-13(11-22)20-18(24)25/h1-8,13H,9-11,19H2,(H,21,23)(H2,20,24,25). The fourth-order valence-electron chi connectivity index (χ4n) is 2.92. The Labute approximate surface area is 151 Å². The maximum atomic E-state index is 12.3. The van der Waals surface area contributed by atoms with E-state index in [1.807, 2.05) is 24.3 Å². The molecule has 1 saturated heterocycles. The van der Waals surface area contributed by atoms with Crippen LogP contribution in [0.5, 0.6) is 0 Å². The topological polar surface area (TPSA) is 87.5 Å². The first kappa shape index (κ1) is 17.2. The summed E-state index contributed by atoms with van der Waals surface area (Å²) in [5.41, 5.74) is 8.55. The van der Waals surface area contributed by atoms with Crippen LogP contribution in [0.25, 0.3) is 0 Å². The smallest absolute Gasteiger partial charge is 0.276 e. The molecule has 1 fully saturated rings. The number of amides is 2. The van der Waals surface area contributed by atoms with Crippen LogP contribution in [0, 0.1) is 0 Å². The summed E-state index contributed by atoms with van der Waals surface area (Å²) in [6.07, 6.45) is 0.877. The summed E-state index contributed by atoms with van der Waals surface area (Å²) in [7, 11) is 0. The molecule has 130 valence electrons. The van der Waals surface area contributed by atoms with Gasteiger partial charge in [-0.15, -0.1) is 0 Å². The van der Waals surface area contributed by atoms with Crippen molar-refractivity contribution in [3.8, 4) is 0 Å². The molecule has 0 saturated carbocycles. The quantitative estimate of drug-likeness (QED) is 0.501. The molecule has 2 amide bonds. The molecule has 0 aromatic heterocycles. The first-order chi connectivity index (χ1) is 12.0. The van der Waals surface area contributed by atoms with E-state index in [0.29, 0.717) is 16.9 Å². The molecule has 0 bridgehead atoms. The summed E-state index contributed by atoms with van der Waals surface area (Å²) in [4.78, 5) is 25.5. The molecule has 2 aromatic carbocycles. The summed E-state index contributed by atoms with van der Waals surface area (Å²) >= 11 is 3.75. The summed E-state index contributed by atoms with van der Waals surface area (Å²) in [5.74, 6) is -0.203. The molecule has 7 heteroatoms. The van der Waals surface area contributed by atoms with E-state index in [0.717, 1.165) is 25.2 Å². The number of benzene rings is 2. The second-order valence-electron chi connectivity index (χ2n) is 5.97.